The predicted molar refractivity (Wildman–Crippen MR) is 51.5 cm³/mol. The number of rotatable bonds is 2. The molecule has 1 aromatic heterocycles. The van der Waals surface area contributed by atoms with Crippen LogP contribution < -0.4 is 5.73 Å². The van der Waals surface area contributed by atoms with Crippen LogP contribution in [-0.4, -0.2) is 11.5 Å². The molecule has 2 N–H and O–H groups in total. The minimum atomic E-state index is 0.330. The lowest BCUT2D eigenvalue weighted by Gasteiger charge is -2.11. The molecule has 1 rings (SSSR count). The second-order valence-corrected chi connectivity index (χ2v) is 3.38. The number of halogens is 1. The Kier molecular flexibility index (Phi) is 3.06. The third kappa shape index (κ3) is 1.76. The highest BCUT2D eigenvalue weighted by molar-refractivity contribution is 6.31. The van der Waals surface area contributed by atoms with Crippen LogP contribution in [0.4, 0.5) is 0 Å². The molecule has 1 unspecified atom stereocenters. The largest absolute Gasteiger partial charge is 0.330 e. The van der Waals surface area contributed by atoms with Crippen LogP contribution in [0.5, 0.6) is 0 Å². The van der Waals surface area contributed by atoms with Crippen molar-refractivity contribution in [1.29, 1.82) is 0 Å². The van der Waals surface area contributed by atoms with Gasteiger partial charge in [-0.1, -0.05) is 18.5 Å². The third-order valence-electron chi connectivity index (χ3n) is 2.08. The van der Waals surface area contributed by atoms with E-state index in [0.29, 0.717) is 17.5 Å². The van der Waals surface area contributed by atoms with Crippen molar-refractivity contribution in [2.24, 2.45) is 5.73 Å². The second-order valence-electron chi connectivity index (χ2n) is 2.97. The minimum Gasteiger partial charge on any atom is -0.330 e. The topological polar surface area (TPSA) is 38.9 Å². The molecule has 2 nitrogen and oxygen atoms in total. The van der Waals surface area contributed by atoms with Gasteiger partial charge in [0.25, 0.3) is 0 Å². The van der Waals surface area contributed by atoms with Gasteiger partial charge >= 0.3 is 0 Å². The average Bonchev–Trinajstić information content (AvgIpc) is 2.08. The highest BCUT2D eigenvalue weighted by Gasteiger charge is 2.08. The van der Waals surface area contributed by atoms with E-state index in [1.165, 1.54) is 0 Å². The highest BCUT2D eigenvalue weighted by atomic mass is 35.5. The predicted octanol–water partition coefficient (Wildman–Crippen LogP) is 2.11. The van der Waals surface area contributed by atoms with Crippen LogP contribution in [0.3, 0.4) is 0 Å². The number of aromatic nitrogens is 1. The summed E-state index contributed by atoms with van der Waals surface area (Å²) >= 11 is 5.91. The van der Waals surface area contributed by atoms with E-state index in [0.717, 1.165) is 11.1 Å². The number of nitrogens with zero attached hydrogens (tertiary/aromatic N) is 1. The molecule has 0 fully saturated rings. The van der Waals surface area contributed by atoms with E-state index in [4.69, 9.17) is 17.3 Å². The number of nitrogens with two attached hydrogens (primary N) is 1. The molecule has 0 spiro atoms. The van der Waals surface area contributed by atoms with Crippen molar-refractivity contribution in [2.75, 3.05) is 6.54 Å². The first-order valence-corrected chi connectivity index (χ1v) is 4.34. The zero-order valence-electron chi connectivity index (χ0n) is 7.34. The van der Waals surface area contributed by atoms with Gasteiger partial charge in [0.2, 0.25) is 0 Å². The van der Waals surface area contributed by atoms with Crippen LogP contribution >= 0.6 is 11.6 Å². The summed E-state index contributed by atoms with van der Waals surface area (Å²) in [5.74, 6) is 0.330. The summed E-state index contributed by atoms with van der Waals surface area (Å²) in [6, 6.07) is 0. The molecule has 0 aromatic carbocycles. The van der Waals surface area contributed by atoms with Gasteiger partial charge in [-0.15, -0.1) is 0 Å². The van der Waals surface area contributed by atoms with Gasteiger partial charge < -0.3 is 5.73 Å². The van der Waals surface area contributed by atoms with E-state index in [-0.39, 0.29) is 0 Å². The van der Waals surface area contributed by atoms with Gasteiger partial charge in [-0.25, -0.2) is 0 Å². The van der Waals surface area contributed by atoms with Crippen molar-refractivity contribution in [3.8, 4) is 0 Å². The second kappa shape index (κ2) is 3.87. The summed E-state index contributed by atoms with van der Waals surface area (Å²) < 4.78 is 0. The smallest absolute Gasteiger partial charge is 0.0621 e. The number of hydrogen-bond acceptors (Lipinski definition) is 2. The summed E-state index contributed by atoms with van der Waals surface area (Å²) in [6.45, 7) is 4.69. The van der Waals surface area contributed by atoms with Crippen molar-refractivity contribution < 1.29 is 0 Å². The van der Waals surface area contributed by atoms with Crippen LogP contribution in [0.2, 0.25) is 5.02 Å². The Bertz CT molecular complexity index is 273. The quantitative estimate of drug-likeness (QED) is 0.765. The maximum atomic E-state index is 5.91. The molecule has 0 saturated carbocycles. The van der Waals surface area contributed by atoms with Gasteiger partial charge in [0.15, 0.2) is 0 Å². The maximum Gasteiger partial charge on any atom is 0.0621 e. The van der Waals surface area contributed by atoms with Crippen molar-refractivity contribution in [3.63, 3.8) is 0 Å². The maximum absolute atomic E-state index is 5.91. The molecule has 0 saturated heterocycles. The van der Waals surface area contributed by atoms with Crippen LogP contribution in [0.15, 0.2) is 12.4 Å². The molecule has 0 aliphatic carbocycles. The Morgan fingerprint density at radius 1 is 1.58 bits per heavy atom. The first kappa shape index (κ1) is 9.49. The Morgan fingerprint density at radius 3 is 2.83 bits per heavy atom. The van der Waals surface area contributed by atoms with Crippen molar-refractivity contribution in [1.82, 2.24) is 4.98 Å². The minimum absolute atomic E-state index is 0.330. The highest BCUT2D eigenvalue weighted by Crippen LogP contribution is 2.23. The SMILES string of the molecule is Cc1c(Cl)cncc1C(C)CN. The van der Waals surface area contributed by atoms with Crippen LogP contribution in [0.1, 0.15) is 24.0 Å². The molecular weight excluding hydrogens is 172 g/mol. The molecule has 1 heterocycles. The lowest BCUT2D eigenvalue weighted by molar-refractivity contribution is 0.763. The van der Waals surface area contributed by atoms with Gasteiger partial charge in [-0.2, -0.15) is 0 Å². The van der Waals surface area contributed by atoms with Crippen LogP contribution in [0.25, 0.3) is 0 Å². The van der Waals surface area contributed by atoms with E-state index in [1.54, 1.807) is 6.20 Å². The molecule has 3 heteroatoms. The molecule has 66 valence electrons. The summed E-state index contributed by atoms with van der Waals surface area (Å²) in [4.78, 5) is 4.03. The normalized spacial score (nSPS) is 13.0. The van der Waals surface area contributed by atoms with E-state index >= 15 is 0 Å². The summed E-state index contributed by atoms with van der Waals surface area (Å²) in [5.41, 5.74) is 7.78. The van der Waals surface area contributed by atoms with Crippen molar-refractivity contribution >= 4 is 11.6 Å². The van der Waals surface area contributed by atoms with Gasteiger partial charge in [-0.3, -0.25) is 4.98 Å². The lowest BCUT2D eigenvalue weighted by Crippen LogP contribution is -2.10. The molecule has 0 bridgehead atoms. The summed E-state index contributed by atoms with van der Waals surface area (Å²) in [6.07, 6.45) is 3.49. The van der Waals surface area contributed by atoms with Gasteiger partial charge in [0.05, 0.1) is 5.02 Å². The molecular formula is C9H13ClN2. The number of hydrogen-bond donors (Lipinski definition) is 1. The summed E-state index contributed by atoms with van der Waals surface area (Å²) in [7, 11) is 0. The fourth-order valence-electron chi connectivity index (χ4n) is 1.14. The Hall–Kier alpha value is -0.600. The molecule has 0 radical (unpaired) electrons. The van der Waals surface area contributed by atoms with Gasteiger partial charge in [-0.05, 0) is 30.5 Å². The Morgan fingerprint density at radius 2 is 2.25 bits per heavy atom. The average molecular weight is 185 g/mol. The first-order valence-electron chi connectivity index (χ1n) is 3.97. The van der Waals surface area contributed by atoms with Gasteiger partial charge in [0, 0.05) is 12.4 Å². The van der Waals surface area contributed by atoms with Gasteiger partial charge in [0.1, 0.15) is 0 Å². The monoisotopic (exact) mass is 184 g/mol. The van der Waals surface area contributed by atoms with E-state index in [2.05, 4.69) is 11.9 Å². The third-order valence-corrected chi connectivity index (χ3v) is 2.46. The van der Waals surface area contributed by atoms with E-state index in [9.17, 15) is 0 Å². The fraction of sp³-hybridized carbons (Fsp3) is 0.444. The standard InChI is InChI=1S/C9H13ClN2/c1-6(3-11)8-4-12-5-9(10)7(8)2/h4-6H,3,11H2,1-2H3. The van der Waals surface area contributed by atoms with E-state index < -0.39 is 0 Å². The zero-order chi connectivity index (χ0) is 9.14. The first-order chi connectivity index (χ1) is 5.66. The molecule has 0 amide bonds. The van der Waals surface area contributed by atoms with Crippen molar-refractivity contribution in [3.05, 3.63) is 28.5 Å². The Balaban J connectivity index is 3.07. The fourth-order valence-corrected chi connectivity index (χ4v) is 1.30. The van der Waals surface area contributed by atoms with Crippen LogP contribution in [0, 0.1) is 6.92 Å². The molecule has 0 aliphatic heterocycles. The van der Waals surface area contributed by atoms with E-state index in [1.807, 2.05) is 13.1 Å². The lowest BCUT2D eigenvalue weighted by atomic mass is 9.99. The zero-order valence-corrected chi connectivity index (χ0v) is 8.10. The molecule has 1 atom stereocenters. The Labute approximate surface area is 77.8 Å². The molecule has 12 heavy (non-hydrogen) atoms. The molecule has 0 aliphatic rings. The number of pyridine rings is 1. The van der Waals surface area contributed by atoms with Crippen molar-refractivity contribution in [2.45, 2.75) is 19.8 Å². The van der Waals surface area contributed by atoms with Crippen LogP contribution in [-0.2, 0) is 0 Å². The molecule has 1 aromatic rings. The summed E-state index contributed by atoms with van der Waals surface area (Å²) in [5, 5.41) is 0.716.